The van der Waals surface area contributed by atoms with Crippen LogP contribution in [0.3, 0.4) is 0 Å². The third-order valence-electron chi connectivity index (χ3n) is 6.10. The van der Waals surface area contributed by atoms with Crippen molar-refractivity contribution in [3.8, 4) is 0 Å². The zero-order valence-electron chi connectivity index (χ0n) is 18.3. The Morgan fingerprint density at radius 2 is 1.79 bits per heavy atom. The maximum atomic E-state index is 13.1. The van der Waals surface area contributed by atoms with Crippen LogP contribution in [0.1, 0.15) is 61.1 Å². The van der Waals surface area contributed by atoms with Crippen molar-refractivity contribution in [1.82, 2.24) is 4.98 Å². The molecule has 1 saturated heterocycles. The second kappa shape index (κ2) is 9.21. The molecule has 2 aliphatic rings. The molecule has 0 radical (unpaired) electrons. The minimum atomic E-state index is -0.0782. The predicted octanol–water partition coefficient (Wildman–Crippen LogP) is 6.08. The van der Waals surface area contributed by atoms with Crippen LogP contribution in [-0.4, -0.2) is 30.2 Å². The molecule has 4 rings (SSSR count). The van der Waals surface area contributed by atoms with Crippen LogP contribution < -0.4 is 10.2 Å². The summed E-state index contributed by atoms with van der Waals surface area (Å²) in [5.74, 6) is 0.762. The monoisotopic (exact) mass is 411 g/mol. The zero-order valence-corrected chi connectivity index (χ0v) is 19.2. The molecular weight excluding hydrogens is 378 g/mol. The first-order chi connectivity index (χ1) is 14.0. The number of aromatic nitrogens is 1. The number of carbonyl (C=O) groups excluding carboxylic acids is 1. The number of nitrogens with one attached hydrogen (secondary N) is 1. The molecule has 1 aromatic heterocycles. The van der Waals surface area contributed by atoms with Gasteiger partial charge in [0.15, 0.2) is 0 Å². The average Bonchev–Trinajstić information content (AvgIpc) is 3.50. The second-order valence-corrected chi connectivity index (χ2v) is 8.81. The van der Waals surface area contributed by atoms with E-state index in [2.05, 4.69) is 10.2 Å². The molecule has 1 spiro atoms. The van der Waals surface area contributed by atoms with Gasteiger partial charge < -0.3 is 10.2 Å². The van der Waals surface area contributed by atoms with Gasteiger partial charge in [-0.05, 0) is 81.0 Å². The molecule has 1 N–H and O–H groups in total. The number of anilines is 2. The molecule has 2 aromatic rings. The van der Waals surface area contributed by atoms with Crippen LogP contribution in [-0.2, 0) is 0 Å². The summed E-state index contributed by atoms with van der Waals surface area (Å²) in [5, 5.41) is 3.07. The van der Waals surface area contributed by atoms with Gasteiger partial charge in [-0.1, -0.05) is 19.9 Å². The third-order valence-corrected chi connectivity index (χ3v) is 6.82. The normalized spacial score (nSPS) is 16.8. The highest BCUT2D eigenvalue weighted by atomic mass is 32.2. The summed E-state index contributed by atoms with van der Waals surface area (Å²) in [5.41, 5.74) is 4.16. The molecule has 2 fully saturated rings. The first kappa shape index (κ1) is 21.7. The van der Waals surface area contributed by atoms with E-state index in [4.69, 9.17) is 4.98 Å². The van der Waals surface area contributed by atoms with E-state index < -0.39 is 0 Å². The molecule has 1 aromatic carbocycles. The molecule has 1 amide bonds. The fraction of sp³-hybridized carbons (Fsp3) is 0.500. The molecule has 4 nitrogen and oxygen atoms in total. The van der Waals surface area contributed by atoms with E-state index >= 15 is 0 Å². The highest BCUT2D eigenvalue weighted by molar-refractivity contribution is 7.98. The first-order valence-corrected chi connectivity index (χ1v) is 11.9. The molecule has 0 bridgehead atoms. The molecule has 29 heavy (non-hydrogen) atoms. The van der Waals surface area contributed by atoms with Crippen LogP contribution in [0.4, 0.5) is 11.5 Å². The molecule has 1 saturated carbocycles. The Hall–Kier alpha value is -2.01. The van der Waals surface area contributed by atoms with E-state index in [0.29, 0.717) is 11.0 Å². The largest absolute Gasteiger partial charge is 0.356 e. The summed E-state index contributed by atoms with van der Waals surface area (Å²) in [6.07, 6.45) is 7.23. The van der Waals surface area contributed by atoms with E-state index in [1.165, 1.54) is 25.7 Å². The number of hydrogen-bond donors (Lipinski definition) is 1. The molecule has 1 aliphatic carbocycles. The van der Waals surface area contributed by atoms with Crippen molar-refractivity contribution in [1.29, 1.82) is 0 Å². The van der Waals surface area contributed by atoms with Gasteiger partial charge in [-0.15, -0.1) is 11.8 Å². The Balaban J connectivity index is 0.00000117. The summed E-state index contributed by atoms with van der Waals surface area (Å²) in [6, 6.07) is 9.95. The van der Waals surface area contributed by atoms with Crippen molar-refractivity contribution in [2.24, 2.45) is 5.41 Å². The lowest BCUT2D eigenvalue weighted by Crippen LogP contribution is -2.36. The molecule has 0 atom stereocenters. The van der Waals surface area contributed by atoms with Gasteiger partial charge in [0, 0.05) is 29.4 Å². The Morgan fingerprint density at radius 1 is 1.10 bits per heavy atom. The van der Waals surface area contributed by atoms with E-state index in [1.54, 1.807) is 11.8 Å². The van der Waals surface area contributed by atoms with Crippen molar-refractivity contribution < 1.29 is 4.79 Å². The Kier molecular flexibility index (Phi) is 6.89. The lowest BCUT2D eigenvalue weighted by molar-refractivity contribution is 0.102. The van der Waals surface area contributed by atoms with E-state index in [1.807, 2.05) is 64.3 Å². The Bertz CT molecular complexity index is 866. The average molecular weight is 412 g/mol. The summed E-state index contributed by atoms with van der Waals surface area (Å²) in [6.45, 7) is 10.0. The fourth-order valence-corrected chi connectivity index (χ4v) is 4.33. The summed E-state index contributed by atoms with van der Waals surface area (Å²) in [4.78, 5) is 21.4. The van der Waals surface area contributed by atoms with Gasteiger partial charge in [-0.25, -0.2) is 4.98 Å². The van der Waals surface area contributed by atoms with Crippen LogP contribution >= 0.6 is 11.8 Å². The number of piperidine rings is 1. The van der Waals surface area contributed by atoms with Gasteiger partial charge in [0.1, 0.15) is 5.82 Å². The predicted molar refractivity (Wildman–Crippen MR) is 124 cm³/mol. The van der Waals surface area contributed by atoms with Crippen LogP contribution in [0.5, 0.6) is 0 Å². The molecule has 5 heteroatoms. The number of amides is 1. The van der Waals surface area contributed by atoms with Crippen molar-refractivity contribution in [2.75, 3.05) is 29.6 Å². The number of thioether (sulfide) groups is 1. The SMILES string of the molecule is CC.CSc1cccc(NC(=O)c2cc(C)c(C)nc2N2CCC3(CC2)CC3)c1. The molecule has 156 valence electrons. The number of hydrogen-bond acceptors (Lipinski definition) is 4. The topological polar surface area (TPSA) is 45.2 Å². The van der Waals surface area contributed by atoms with Gasteiger partial charge in [0.2, 0.25) is 0 Å². The smallest absolute Gasteiger partial charge is 0.259 e. The summed E-state index contributed by atoms with van der Waals surface area (Å²) in [7, 11) is 0. The fourth-order valence-electron chi connectivity index (χ4n) is 3.87. The van der Waals surface area contributed by atoms with E-state index in [0.717, 1.165) is 40.7 Å². The highest BCUT2D eigenvalue weighted by Crippen LogP contribution is 2.54. The lowest BCUT2D eigenvalue weighted by Gasteiger charge is -2.34. The van der Waals surface area contributed by atoms with Gasteiger partial charge in [-0.2, -0.15) is 0 Å². The van der Waals surface area contributed by atoms with Crippen LogP contribution in [0, 0.1) is 19.3 Å². The van der Waals surface area contributed by atoms with E-state index in [9.17, 15) is 4.79 Å². The maximum Gasteiger partial charge on any atom is 0.259 e. The number of rotatable bonds is 4. The highest BCUT2D eigenvalue weighted by Gasteiger charge is 2.44. The number of nitrogens with zero attached hydrogens (tertiary/aromatic N) is 2. The number of pyridine rings is 1. The minimum Gasteiger partial charge on any atom is -0.356 e. The van der Waals surface area contributed by atoms with Crippen molar-refractivity contribution in [2.45, 2.75) is 58.3 Å². The summed E-state index contributed by atoms with van der Waals surface area (Å²) < 4.78 is 0. The maximum absolute atomic E-state index is 13.1. The number of aryl methyl sites for hydroxylation is 2. The van der Waals surface area contributed by atoms with Gasteiger partial charge in [0.25, 0.3) is 5.91 Å². The number of carbonyl (C=O) groups is 1. The van der Waals surface area contributed by atoms with Crippen LogP contribution in [0.2, 0.25) is 0 Å². The van der Waals surface area contributed by atoms with Crippen LogP contribution in [0.15, 0.2) is 35.2 Å². The van der Waals surface area contributed by atoms with Crippen molar-refractivity contribution in [3.63, 3.8) is 0 Å². The Morgan fingerprint density at radius 3 is 2.41 bits per heavy atom. The zero-order chi connectivity index (χ0) is 21.0. The minimum absolute atomic E-state index is 0.0782. The standard InChI is InChI=1S/C22H27N3OS.C2H6/c1-15-13-19(21(26)24-17-5-4-6-18(14-17)27-3)20(23-16(15)2)25-11-9-22(7-8-22)10-12-25;1-2/h4-6,13-14H,7-12H2,1-3H3,(H,24,26);1-2H3. The van der Waals surface area contributed by atoms with Crippen molar-refractivity contribution >= 4 is 29.2 Å². The quantitative estimate of drug-likeness (QED) is 0.619. The Labute approximate surface area is 179 Å². The molecular formula is C24H33N3OS. The second-order valence-electron chi connectivity index (χ2n) is 7.93. The third kappa shape index (κ3) is 4.95. The van der Waals surface area contributed by atoms with E-state index in [-0.39, 0.29) is 5.91 Å². The summed E-state index contributed by atoms with van der Waals surface area (Å²) >= 11 is 1.67. The van der Waals surface area contributed by atoms with Crippen LogP contribution in [0.25, 0.3) is 0 Å². The van der Waals surface area contributed by atoms with Crippen molar-refractivity contribution in [3.05, 3.63) is 47.2 Å². The number of benzene rings is 1. The van der Waals surface area contributed by atoms with Gasteiger partial charge >= 0.3 is 0 Å². The van der Waals surface area contributed by atoms with Gasteiger partial charge in [0.05, 0.1) is 5.56 Å². The first-order valence-electron chi connectivity index (χ1n) is 10.7. The molecule has 2 heterocycles. The molecule has 0 unspecified atom stereocenters. The lowest BCUT2D eigenvalue weighted by atomic mass is 9.93. The molecule has 1 aliphatic heterocycles. The van der Waals surface area contributed by atoms with Gasteiger partial charge in [-0.3, -0.25) is 4.79 Å².